The number of hydrogen-bond acceptors (Lipinski definition) is 0. The van der Waals surface area contributed by atoms with E-state index >= 15 is 0 Å². The largest absolute Gasteiger partial charge is 0.0887 e. The van der Waals surface area contributed by atoms with Crippen molar-refractivity contribution in [2.45, 2.75) is 129 Å². The van der Waals surface area contributed by atoms with Gasteiger partial charge < -0.3 is 0 Å². The maximum atomic E-state index is 5.49. The Kier molecular flexibility index (Phi) is 20.1. The standard InChI is InChI=1S/C20H41B/c1-2-3-4-5-6-7-8-9-10-11-12-13-14-15-16-17-18-19-20-21/h2-20H2,1H3. The quantitative estimate of drug-likeness (QED) is 0.180. The summed E-state index contributed by atoms with van der Waals surface area (Å²) in [5.41, 5.74) is 0. The lowest BCUT2D eigenvalue weighted by Crippen LogP contribution is -1.84. The van der Waals surface area contributed by atoms with Crippen LogP contribution in [0.3, 0.4) is 0 Å². The lowest BCUT2D eigenvalue weighted by Gasteiger charge is -2.03. The van der Waals surface area contributed by atoms with Crippen LogP contribution >= 0.6 is 0 Å². The molecule has 0 bridgehead atoms. The summed E-state index contributed by atoms with van der Waals surface area (Å²) in [5, 5.41) is 0. The minimum atomic E-state index is 0.874. The van der Waals surface area contributed by atoms with E-state index in [4.69, 9.17) is 7.85 Å². The summed E-state index contributed by atoms with van der Waals surface area (Å²) in [7, 11) is 5.49. The van der Waals surface area contributed by atoms with Gasteiger partial charge in [-0.05, 0) is 0 Å². The molecule has 0 aliphatic heterocycles. The Morgan fingerprint density at radius 1 is 0.381 bits per heavy atom. The second-order valence-corrected chi connectivity index (χ2v) is 6.80. The second-order valence-electron chi connectivity index (χ2n) is 6.80. The average Bonchev–Trinajstić information content (AvgIpc) is 2.50. The third kappa shape index (κ3) is 20.1. The topological polar surface area (TPSA) is 0 Å². The molecular weight excluding hydrogens is 251 g/mol. The van der Waals surface area contributed by atoms with E-state index in [1.165, 1.54) is 116 Å². The van der Waals surface area contributed by atoms with Crippen molar-refractivity contribution in [2.75, 3.05) is 0 Å². The Hall–Kier alpha value is 0.0649. The fraction of sp³-hybridized carbons (Fsp3) is 1.00. The summed E-state index contributed by atoms with van der Waals surface area (Å²) >= 11 is 0. The van der Waals surface area contributed by atoms with Gasteiger partial charge in [0.15, 0.2) is 0 Å². The SMILES string of the molecule is [B]CCCCCCCCCCCCCCCCCCCC. The normalized spacial score (nSPS) is 11.1. The molecule has 0 fully saturated rings. The highest BCUT2D eigenvalue weighted by atomic mass is 14.0. The predicted octanol–water partition coefficient (Wildman–Crippen LogP) is 7.61. The van der Waals surface area contributed by atoms with E-state index in [9.17, 15) is 0 Å². The van der Waals surface area contributed by atoms with Crippen LogP contribution in [0.15, 0.2) is 0 Å². The molecule has 0 unspecified atom stereocenters. The van der Waals surface area contributed by atoms with Gasteiger partial charge in [0.25, 0.3) is 0 Å². The van der Waals surface area contributed by atoms with Gasteiger partial charge in [0.2, 0.25) is 0 Å². The molecule has 1 heteroatoms. The molecule has 0 rings (SSSR count). The molecular formula is C20H41B. The van der Waals surface area contributed by atoms with Crippen molar-refractivity contribution in [1.82, 2.24) is 0 Å². The third-order valence-corrected chi connectivity index (χ3v) is 4.56. The van der Waals surface area contributed by atoms with E-state index in [0.29, 0.717) is 0 Å². The molecule has 0 saturated carbocycles. The molecule has 0 aromatic carbocycles. The lowest BCUT2D eigenvalue weighted by atomic mass is 9.98. The molecule has 0 amide bonds. The molecule has 0 aromatic heterocycles. The van der Waals surface area contributed by atoms with Gasteiger partial charge in [0.1, 0.15) is 0 Å². The molecule has 0 aliphatic carbocycles. The monoisotopic (exact) mass is 292 g/mol. The Morgan fingerprint density at radius 3 is 0.857 bits per heavy atom. The van der Waals surface area contributed by atoms with E-state index in [1.807, 2.05) is 0 Å². The molecule has 0 aromatic rings. The first kappa shape index (κ1) is 21.1. The Balaban J connectivity index is 2.90. The zero-order valence-corrected chi connectivity index (χ0v) is 15.0. The van der Waals surface area contributed by atoms with Gasteiger partial charge in [-0.15, -0.1) is 0 Å². The minimum absolute atomic E-state index is 0.874. The third-order valence-electron chi connectivity index (χ3n) is 4.56. The van der Waals surface area contributed by atoms with E-state index in [-0.39, 0.29) is 0 Å². The van der Waals surface area contributed by atoms with Crippen molar-refractivity contribution in [1.29, 1.82) is 0 Å². The highest BCUT2D eigenvalue weighted by molar-refractivity contribution is 6.08. The van der Waals surface area contributed by atoms with Crippen LogP contribution in [-0.2, 0) is 0 Å². The van der Waals surface area contributed by atoms with Crippen LogP contribution < -0.4 is 0 Å². The number of hydrogen-bond donors (Lipinski definition) is 0. The van der Waals surface area contributed by atoms with Gasteiger partial charge in [0, 0.05) is 0 Å². The van der Waals surface area contributed by atoms with Crippen molar-refractivity contribution >= 4 is 7.85 Å². The van der Waals surface area contributed by atoms with Crippen LogP contribution in [0.25, 0.3) is 0 Å². The summed E-state index contributed by atoms with van der Waals surface area (Å²) in [6, 6.07) is 0. The van der Waals surface area contributed by atoms with Gasteiger partial charge in [0.05, 0.1) is 7.85 Å². The summed E-state index contributed by atoms with van der Waals surface area (Å²) in [6.07, 6.45) is 26.7. The summed E-state index contributed by atoms with van der Waals surface area (Å²) in [6.45, 7) is 2.29. The molecule has 124 valence electrons. The molecule has 21 heavy (non-hydrogen) atoms. The number of rotatable bonds is 18. The number of unbranched alkanes of at least 4 members (excludes halogenated alkanes) is 17. The first-order valence-electron chi connectivity index (χ1n) is 10.1. The van der Waals surface area contributed by atoms with Gasteiger partial charge in [-0.3, -0.25) is 0 Å². The highest BCUT2D eigenvalue weighted by Gasteiger charge is 1.94. The summed E-state index contributed by atoms with van der Waals surface area (Å²) in [4.78, 5) is 0. The first-order valence-corrected chi connectivity index (χ1v) is 10.1. The van der Waals surface area contributed by atoms with Crippen LogP contribution in [0.4, 0.5) is 0 Å². The van der Waals surface area contributed by atoms with E-state index < -0.39 is 0 Å². The Morgan fingerprint density at radius 2 is 0.619 bits per heavy atom. The zero-order valence-electron chi connectivity index (χ0n) is 15.0. The fourth-order valence-corrected chi connectivity index (χ4v) is 3.05. The molecule has 0 spiro atoms. The molecule has 0 aliphatic rings. The van der Waals surface area contributed by atoms with E-state index in [0.717, 1.165) is 6.32 Å². The van der Waals surface area contributed by atoms with Crippen LogP contribution in [-0.4, -0.2) is 7.85 Å². The maximum Gasteiger partial charge on any atom is 0.0653 e. The molecule has 0 nitrogen and oxygen atoms in total. The van der Waals surface area contributed by atoms with Crippen molar-refractivity contribution in [3.8, 4) is 0 Å². The Labute approximate surface area is 137 Å². The van der Waals surface area contributed by atoms with E-state index in [1.54, 1.807) is 0 Å². The van der Waals surface area contributed by atoms with Crippen molar-refractivity contribution in [2.24, 2.45) is 0 Å². The highest BCUT2D eigenvalue weighted by Crippen LogP contribution is 2.14. The summed E-state index contributed by atoms with van der Waals surface area (Å²) < 4.78 is 0. The summed E-state index contributed by atoms with van der Waals surface area (Å²) in [5.74, 6) is 0. The van der Waals surface area contributed by atoms with E-state index in [2.05, 4.69) is 6.92 Å². The van der Waals surface area contributed by atoms with Gasteiger partial charge >= 0.3 is 0 Å². The van der Waals surface area contributed by atoms with Crippen LogP contribution in [0, 0.1) is 0 Å². The molecule has 0 atom stereocenters. The molecule has 2 radical (unpaired) electrons. The lowest BCUT2D eigenvalue weighted by molar-refractivity contribution is 0.526. The second kappa shape index (κ2) is 20.1. The van der Waals surface area contributed by atoms with Gasteiger partial charge in [-0.25, -0.2) is 0 Å². The van der Waals surface area contributed by atoms with Crippen molar-refractivity contribution in [3.05, 3.63) is 0 Å². The maximum absolute atomic E-state index is 5.49. The van der Waals surface area contributed by atoms with Gasteiger partial charge in [-0.1, -0.05) is 129 Å². The Bertz CT molecular complexity index is 149. The molecule has 0 saturated heterocycles. The minimum Gasteiger partial charge on any atom is -0.0887 e. The smallest absolute Gasteiger partial charge is 0.0653 e. The zero-order chi connectivity index (χ0) is 15.4. The average molecular weight is 292 g/mol. The van der Waals surface area contributed by atoms with Crippen molar-refractivity contribution < 1.29 is 0 Å². The van der Waals surface area contributed by atoms with Gasteiger partial charge in [-0.2, -0.15) is 0 Å². The first-order chi connectivity index (χ1) is 10.4. The molecule has 0 N–H and O–H groups in total. The van der Waals surface area contributed by atoms with Crippen LogP contribution in [0.1, 0.15) is 122 Å². The van der Waals surface area contributed by atoms with Crippen LogP contribution in [0.5, 0.6) is 0 Å². The van der Waals surface area contributed by atoms with Crippen molar-refractivity contribution in [3.63, 3.8) is 0 Å². The van der Waals surface area contributed by atoms with Crippen LogP contribution in [0.2, 0.25) is 6.32 Å². The molecule has 0 heterocycles. The fourth-order valence-electron chi connectivity index (χ4n) is 3.05. The predicted molar refractivity (Wildman–Crippen MR) is 99.3 cm³/mol.